The first-order chi connectivity index (χ1) is 8.97. The minimum absolute atomic E-state index is 0.0909. The maximum atomic E-state index is 6.27. The largest absolute Gasteiger partial charge is 0.324 e. The van der Waals surface area contributed by atoms with Gasteiger partial charge in [-0.15, -0.1) is 0 Å². The van der Waals surface area contributed by atoms with Crippen LogP contribution >= 0.6 is 27.5 Å². The highest BCUT2D eigenvalue weighted by Crippen LogP contribution is 2.26. The number of rotatable bonds is 3. The molecule has 0 spiro atoms. The van der Waals surface area contributed by atoms with Crippen LogP contribution in [0.5, 0.6) is 0 Å². The third-order valence-electron chi connectivity index (χ3n) is 3.12. The molecule has 2 aromatic rings. The van der Waals surface area contributed by atoms with Crippen molar-refractivity contribution >= 4 is 27.5 Å². The molecule has 2 nitrogen and oxygen atoms in total. The van der Waals surface area contributed by atoms with Gasteiger partial charge in [-0.1, -0.05) is 39.7 Å². The highest BCUT2D eigenvalue weighted by molar-refractivity contribution is 9.10. The fraction of sp³-hybridized carbons (Fsp3) is 0.267. The molecule has 0 aliphatic carbocycles. The molecule has 1 atom stereocenters. The van der Waals surface area contributed by atoms with Crippen molar-refractivity contribution in [2.24, 2.45) is 5.73 Å². The van der Waals surface area contributed by atoms with Gasteiger partial charge in [0.25, 0.3) is 0 Å². The van der Waals surface area contributed by atoms with Crippen LogP contribution in [0.1, 0.15) is 28.6 Å². The van der Waals surface area contributed by atoms with Gasteiger partial charge in [-0.2, -0.15) is 0 Å². The van der Waals surface area contributed by atoms with Crippen LogP contribution in [0.15, 0.2) is 34.8 Å². The Hall–Kier alpha value is -0.900. The first-order valence-corrected chi connectivity index (χ1v) is 7.28. The molecule has 1 heterocycles. The van der Waals surface area contributed by atoms with E-state index in [4.69, 9.17) is 17.3 Å². The molecule has 0 aliphatic heterocycles. The van der Waals surface area contributed by atoms with Crippen LogP contribution < -0.4 is 5.73 Å². The van der Waals surface area contributed by atoms with E-state index in [2.05, 4.69) is 27.0 Å². The lowest BCUT2D eigenvalue weighted by Gasteiger charge is -2.15. The van der Waals surface area contributed by atoms with Crippen LogP contribution in [0, 0.1) is 13.8 Å². The van der Waals surface area contributed by atoms with Gasteiger partial charge in [0.1, 0.15) is 0 Å². The summed E-state index contributed by atoms with van der Waals surface area (Å²) in [7, 11) is 0. The van der Waals surface area contributed by atoms with Gasteiger partial charge in [0.15, 0.2) is 0 Å². The second-order valence-electron chi connectivity index (χ2n) is 4.67. The topological polar surface area (TPSA) is 38.9 Å². The van der Waals surface area contributed by atoms with Crippen molar-refractivity contribution in [1.82, 2.24) is 4.98 Å². The molecule has 0 amide bonds. The fourth-order valence-corrected chi connectivity index (χ4v) is 2.87. The van der Waals surface area contributed by atoms with Crippen molar-refractivity contribution in [3.05, 3.63) is 62.3 Å². The third kappa shape index (κ3) is 3.56. The highest BCUT2D eigenvalue weighted by atomic mass is 79.9. The standard InChI is InChI=1S/C15H16BrClN2/c1-9-3-6-13(10(2)19-9)15(18)7-11-4-5-12(16)8-14(11)17/h3-6,8,15H,7,18H2,1-2H3. The first-order valence-electron chi connectivity index (χ1n) is 6.11. The Morgan fingerprint density at radius 2 is 2.00 bits per heavy atom. The SMILES string of the molecule is Cc1ccc(C(N)Cc2ccc(Br)cc2Cl)c(C)n1. The number of halogens is 2. The van der Waals surface area contributed by atoms with E-state index in [1.165, 1.54) is 0 Å². The highest BCUT2D eigenvalue weighted by Gasteiger charge is 2.12. The zero-order chi connectivity index (χ0) is 14.0. The number of aryl methyl sites for hydroxylation is 2. The summed E-state index contributed by atoms with van der Waals surface area (Å²) in [4.78, 5) is 4.45. The Kier molecular flexibility index (Phi) is 4.61. The molecule has 1 aromatic heterocycles. The summed E-state index contributed by atoms with van der Waals surface area (Å²) in [5.41, 5.74) is 10.4. The molecule has 0 bridgehead atoms. The Morgan fingerprint density at radius 1 is 1.26 bits per heavy atom. The van der Waals surface area contributed by atoms with Crippen molar-refractivity contribution in [2.75, 3.05) is 0 Å². The van der Waals surface area contributed by atoms with Gasteiger partial charge in [-0.05, 0) is 49.6 Å². The zero-order valence-corrected chi connectivity index (χ0v) is 13.3. The third-order valence-corrected chi connectivity index (χ3v) is 3.97. The van der Waals surface area contributed by atoms with Crippen molar-refractivity contribution < 1.29 is 0 Å². The van der Waals surface area contributed by atoms with Crippen LogP contribution in [-0.4, -0.2) is 4.98 Å². The van der Waals surface area contributed by atoms with Crippen molar-refractivity contribution in [2.45, 2.75) is 26.3 Å². The van der Waals surface area contributed by atoms with E-state index in [0.29, 0.717) is 6.42 Å². The van der Waals surface area contributed by atoms with E-state index in [1.807, 2.05) is 38.1 Å². The van der Waals surface area contributed by atoms with Gasteiger partial charge in [0.2, 0.25) is 0 Å². The lowest BCUT2D eigenvalue weighted by molar-refractivity contribution is 0.709. The Balaban J connectivity index is 2.23. The summed E-state index contributed by atoms with van der Waals surface area (Å²) < 4.78 is 0.975. The van der Waals surface area contributed by atoms with E-state index < -0.39 is 0 Å². The number of pyridine rings is 1. The maximum absolute atomic E-state index is 6.27. The predicted octanol–water partition coefficient (Wildman–Crippen LogP) is 4.36. The monoisotopic (exact) mass is 338 g/mol. The summed E-state index contributed by atoms with van der Waals surface area (Å²) in [6, 6.07) is 9.83. The van der Waals surface area contributed by atoms with E-state index in [0.717, 1.165) is 32.0 Å². The van der Waals surface area contributed by atoms with Crippen molar-refractivity contribution in [1.29, 1.82) is 0 Å². The second kappa shape index (κ2) is 6.04. The minimum atomic E-state index is -0.0909. The van der Waals surface area contributed by atoms with Gasteiger partial charge in [0, 0.05) is 26.9 Å². The molecule has 19 heavy (non-hydrogen) atoms. The molecular formula is C15H16BrClN2. The Bertz CT molecular complexity index is 599. The number of hydrogen-bond donors (Lipinski definition) is 1. The first kappa shape index (κ1) is 14.5. The Morgan fingerprint density at radius 3 is 2.63 bits per heavy atom. The molecule has 1 aromatic carbocycles. The quantitative estimate of drug-likeness (QED) is 0.902. The minimum Gasteiger partial charge on any atom is -0.324 e. The summed E-state index contributed by atoms with van der Waals surface area (Å²) in [6.07, 6.45) is 0.706. The second-order valence-corrected chi connectivity index (χ2v) is 6.00. The average molecular weight is 340 g/mol. The van der Waals surface area contributed by atoms with Crippen LogP contribution in [-0.2, 0) is 6.42 Å². The van der Waals surface area contributed by atoms with Gasteiger partial charge < -0.3 is 5.73 Å². The molecule has 4 heteroatoms. The van der Waals surface area contributed by atoms with Crippen LogP contribution in [0.2, 0.25) is 5.02 Å². The number of nitrogens with two attached hydrogens (primary N) is 1. The molecule has 0 aliphatic rings. The molecule has 0 saturated heterocycles. The van der Waals surface area contributed by atoms with Crippen molar-refractivity contribution in [3.63, 3.8) is 0 Å². The van der Waals surface area contributed by atoms with E-state index in [-0.39, 0.29) is 6.04 Å². The molecule has 0 fully saturated rings. The molecule has 0 radical (unpaired) electrons. The summed E-state index contributed by atoms with van der Waals surface area (Å²) >= 11 is 9.63. The summed E-state index contributed by atoms with van der Waals surface area (Å²) in [6.45, 7) is 3.97. The van der Waals surface area contributed by atoms with Crippen LogP contribution in [0.4, 0.5) is 0 Å². The van der Waals surface area contributed by atoms with Crippen molar-refractivity contribution in [3.8, 4) is 0 Å². The lowest BCUT2D eigenvalue weighted by Crippen LogP contribution is -2.15. The average Bonchev–Trinajstić information content (AvgIpc) is 2.32. The molecule has 2 rings (SSSR count). The fourth-order valence-electron chi connectivity index (χ4n) is 2.12. The van der Waals surface area contributed by atoms with E-state index in [1.54, 1.807) is 0 Å². The molecule has 1 unspecified atom stereocenters. The van der Waals surface area contributed by atoms with E-state index >= 15 is 0 Å². The number of aromatic nitrogens is 1. The van der Waals surface area contributed by atoms with Gasteiger partial charge >= 0.3 is 0 Å². The normalized spacial score (nSPS) is 12.5. The number of hydrogen-bond acceptors (Lipinski definition) is 2. The number of benzene rings is 1. The maximum Gasteiger partial charge on any atom is 0.0449 e. The zero-order valence-electron chi connectivity index (χ0n) is 11.0. The molecular weight excluding hydrogens is 324 g/mol. The smallest absolute Gasteiger partial charge is 0.0449 e. The van der Waals surface area contributed by atoms with Crippen LogP contribution in [0.3, 0.4) is 0 Å². The lowest BCUT2D eigenvalue weighted by atomic mass is 9.98. The van der Waals surface area contributed by atoms with Gasteiger partial charge in [-0.25, -0.2) is 0 Å². The molecule has 2 N–H and O–H groups in total. The number of nitrogens with zero attached hydrogens (tertiary/aromatic N) is 1. The van der Waals surface area contributed by atoms with Gasteiger partial charge in [0.05, 0.1) is 0 Å². The van der Waals surface area contributed by atoms with E-state index in [9.17, 15) is 0 Å². The van der Waals surface area contributed by atoms with Gasteiger partial charge in [-0.3, -0.25) is 4.98 Å². The molecule has 100 valence electrons. The summed E-state index contributed by atoms with van der Waals surface area (Å²) in [5, 5.41) is 0.738. The molecule has 0 saturated carbocycles. The predicted molar refractivity (Wildman–Crippen MR) is 83.5 cm³/mol. The Labute approximate surface area is 127 Å². The summed E-state index contributed by atoms with van der Waals surface area (Å²) in [5.74, 6) is 0. The van der Waals surface area contributed by atoms with Crippen LogP contribution in [0.25, 0.3) is 0 Å².